The maximum Gasteiger partial charge on any atom is 0.303 e. The number of ketones is 1. The second kappa shape index (κ2) is 16.9. The molecule has 25 heavy (non-hydrogen) atoms. The van der Waals surface area contributed by atoms with Gasteiger partial charge in [-0.05, 0) is 38.2 Å². The van der Waals surface area contributed by atoms with E-state index in [4.69, 9.17) is 10.2 Å². The van der Waals surface area contributed by atoms with Crippen molar-refractivity contribution in [2.75, 3.05) is 6.61 Å². The van der Waals surface area contributed by atoms with Crippen LogP contribution < -0.4 is 0 Å². The van der Waals surface area contributed by atoms with Crippen molar-refractivity contribution < 1.29 is 24.9 Å². The molecule has 0 unspecified atom stereocenters. The summed E-state index contributed by atoms with van der Waals surface area (Å²) in [5, 5.41) is 26.7. The highest BCUT2D eigenvalue weighted by atomic mass is 16.4. The van der Waals surface area contributed by atoms with Gasteiger partial charge in [-0.25, -0.2) is 0 Å². The molecule has 1 atom stereocenters. The Morgan fingerprint density at radius 3 is 2.40 bits per heavy atom. The van der Waals surface area contributed by atoms with E-state index >= 15 is 0 Å². The predicted octanol–water partition coefficient (Wildman–Crippen LogP) is 3.34. The van der Waals surface area contributed by atoms with Crippen LogP contribution in [0.15, 0.2) is 48.6 Å². The minimum atomic E-state index is -0.859. The molecule has 0 bridgehead atoms. The lowest BCUT2D eigenvalue weighted by Crippen LogP contribution is -2.03. The molecule has 0 aromatic heterocycles. The SMILES string of the molecule is O=C(O)CCC[C@@H](O)\C=C/C=C/C=C/C(=O)C/C=C\CCCCCO. The first-order valence-corrected chi connectivity index (χ1v) is 8.76. The molecule has 140 valence electrons. The number of aliphatic carboxylic acids is 1. The first kappa shape index (κ1) is 23.0. The average molecular weight is 350 g/mol. The molecule has 0 saturated carbocycles. The molecule has 0 radical (unpaired) electrons. The topological polar surface area (TPSA) is 94.8 Å². The highest BCUT2D eigenvalue weighted by Gasteiger charge is 2.01. The summed E-state index contributed by atoms with van der Waals surface area (Å²) in [6.45, 7) is 0.236. The van der Waals surface area contributed by atoms with Gasteiger partial charge in [0.2, 0.25) is 0 Å². The third-order valence-electron chi connectivity index (χ3n) is 3.35. The summed E-state index contributed by atoms with van der Waals surface area (Å²) in [4.78, 5) is 21.9. The quantitative estimate of drug-likeness (QED) is 0.182. The first-order valence-electron chi connectivity index (χ1n) is 8.76. The van der Waals surface area contributed by atoms with Crippen molar-refractivity contribution in [3.8, 4) is 0 Å². The van der Waals surface area contributed by atoms with Crippen LogP contribution in [0.1, 0.15) is 51.4 Å². The molecule has 0 aliphatic rings. The van der Waals surface area contributed by atoms with E-state index in [2.05, 4.69) is 0 Å². The Labute approximate surface area is 150 Å². The molecule has 0 fully saturated rings. The lowest BCUT2D eigenvalue weighted by atomic mass is 10.1. The Hall–Kier alpha value is -1.98. The number of allylic oxidation sites excluding steroid dienone is 7. The Kier molecular flexibility index (Phi) is 15.5. The molecule has 0 rings (SSSR count). The van der Waals surface area contributed by atoms with E-state index in [9.17, 15) is 14.7 Å². The Balaban J connectivity index is 3.81. The number of rotatable bonds is 15. The molecule has 0 aromatic rings. The molecule has 0 aliphatic heterocycles. The molecule has 5 heteroatoms. The van der Waals surface area contributed by atoms with Crippen molar-refractivity contribution >= 4 is 11.8 Å². The van der Waals surface area contributed by atoms with Crippen LogP contribution in [0.5, 0.6) is 0 Å². The summed E-state index contributed by atoms with van der Waals surface area (Å²) in [6.07, 6.45) is 18.1. The van der Waals surface area contributed by atoms with Crippen LogP contribution in [0, 0.1) is 0 Å². The number of hydrogen-bond acceptors (Lipinski definition) is 4. The smallest absolute Gasteiger partial charge is 0.303 e. The van der Waals surface area contributed by atoms with Crippen molar-refractivity contribution in [3.05, 3.63) is 48.6 Å². The van der Waals surface area contributed by atoms with Crippen molar-refractivity contribution in [1.82, 2.24) is 0 Å². The van der Waals surface area contributed by atoms with Crippen LogP contribution >= 0.6 is 0 Å². The van der Waals surface area contributed by atoms with E-state index in [1.54, 1.807) is 30.4 Å². The zero-order valence-corrected chi connectivity index (χ0v) is 14.7. The van der Waals surface area contributed by atoms with Gasteiger partial charge in [0.1, 0.15) is 0 Å². The fourth-order valence-corrected chi connectivity index (χ4v) is 1.98. The van der Waals surface area contributed by atoms with E-state index in [0.717, 1.165) is 25.7 Å². The molecular weight excluding hydrogens is 320 g/mol. The molecule has 0 saturated heterocycles. The summed E-state index contributed by atoms with van der Waals surface area (Å²) < 4.78 is 0. The van der Waals surface area contributed by atoms with Gasteiger partial charge in [-0.1, -0.05) is 49.0 Å². The molecular formula is C20H30O5. The molecule has 0 aliphatic carbocycles. The number of aliphatic hydroxyl groups is 2. The van der Waals surface area contributed by atoms with Crippen molar-refractivity contribution in [2.45, 2.75) is 57.5 Å². The largest absolute Gasteiger partial charge is 0.481 e. The second-order valence-electron chi connectivity index (χ2n) is 5.70. The normalized spacial score (nSPS) is 13.5. The number of hydrogen-bond donors (Lipinski definition) is 3. The van der Waals surface area contributed by atoms with E-state index in [-0.39, 0.29) is 18.8 Å². The van der Waals surface area contributed by atoms with Crippen LogP contribution in [0.25, 0.3) is 0 Å². The van der Waals surface area contributed by atoms with Gasteiger partial charge in [0.25, 0.3) is 0 Å². The lowest BCUT2D eigenvalue weighted by molar-refractivity contribution is -0.137. The van der Waals surface area contributed by atoms with E-state index in [1.807, 2.05) is 12.2 Å². The van der Waals surface area contributed by atoms with Crippen molar-refractivity contribution in [2.24, 2.45) is 0 Å². The van der Waals surface area contributed by atoms with Crippen LogP contribution in [0.3, 0.4) is 0 Å². The lowest BCUT2D eigenvalue weighted by Gasteiger charge is -2.02. The fourth-order valence-electron chi connectivity index (χ4n) is 1.98. The molecule has 0 aromatic carbocycles. The van der Waals surface area contributed by atoms with Gasteiger partial charge in [-0.2, -0.15) is 0 Å². The maximum atomic E-state index is 11.6. The highest BCUT2D eigenvalue weighted by molar-refractivity contribution is 5.90. The van der Waals surface area contributed by atoms with Crippen LogP contribution in [0.2, 0.25) is 0 Å². The molecule has 0 amide bonds. The predicted molar refractivity (Wildman–Crippen MR) is 99.2 cm³/mol. The number of carbonyl (C=O) groups excluding carboxylic acids is 1. The maximum absolute atomic E-state index is 11.6. The molecule has 5 nitrogen and oxygen atoms in total. The van der Waals surface area contributed by atoms with Gasteiger partial charge < -0.3 is 15.3 Å². The van der Waals surface area contributed by atoms with Gasteiger partial charge in [-0.15, -0.1) is 0 Å². The van der Waals surface area contributed by atoms with E-state index in [1.165, 1.54) is 6.08 Å². The third-order valence-corrected chi connectivity index (χ3v) is 3.35. The van der Waals surface area contributed by atoms with Gasteiger partial charge in [0.15, 0.2) is 5.78 Å². The summed E-state index contributed by atoms with van der Waals surface area (Å²) >= 11 is 0. The van der Waals surface area contributed by atoms with E-state index < -0.39 is 12.1 Å². The number of carbonyl (C=O) groups is 2. The minimum Gasteiger partial charge on any atom is -0.481 e. The Bertz CT molecular complexity index is 474. The zero-order valence-electron chi connectivity index (χ0n) is 14.7. The number of unbranched alkanes of at least 4 members (excludes halogenated alkanes) is 3. The van der Waals surface area contributed by atoms with Crippen LogP contribution in [0.4, 0.5) is 0 Å². The first-order chi connectivity index (χ1) is 12.1. The minimum absolute atomic E-state index is 0.0222. The third kappa shape index (κ3) is 18.2. The number of carboxylic acids is 1. The Morgan fingerprint density at radius 2 is 1.68 bits per heavy atom. The summed E-state index contributed by atoms with van der Waals surface area (Å²) in [7, 11) is 0. The monoisotopic (exact) mass is 350 g/mol. The molecule has 0 heterocycles. The summed E-state index contributed by atoms with van der Waals surface area (Å²) in [5.74, 6) is -0.837. The van der Waals surface area contributed by atoms with Gasteiger partial charge in [0.05, 0.1) is 6.10 Å². The fraction of sp³-hybridized carbons (Fsp3) is 0.500. The average Bonchev–Trinajstić information content (AvgIpc) is 2.56. The van der Waals surface area contributed by atoms with Gasteiger partial charge in [0, 0.05) is 19.4 Å². The van der Waals surface area contributed by atoms with Gasteiger partial charge >= 0.3 is 5.97 Å². The summed E-state index contributed by atoms with van der Waals surface area (Å²) in [5.41, 5.74) is 0. The highest BCUT2D eigenvalue weighted by Crippen LogP contribution is 2.03. The van der Waals surface area contributed by atoms with Crippen LogP contribution in [-0.2, 0) is 9.59 Å². The number of aliphatic hydroxyl groups excluding tert-OH is 2. The molecule has 3 N–H and O–H groups in total. The van der Waals surface area contributed by atoms with Gasteiger partial charge in [-0.3, -0.25) is 9.59 Å². The zero-order chi connectivity index (χ0) is 18.8. The Morgan fingerprint density at radius 1 is 0.920 bits per heavy atom. The van der Waals surface area contributed by atoms with Crippen molar-refractivity contribution in [1.29, 1.82) is 0 Å². The van der Waals surface area contributed by atoms with Crippen LogP contribution in [-0.4, -0.2) is 39.8 Å². The number of carboxylic acid groups (broad SMARTS) is 1. The van der Waals surface area contributed by atoms with Crippen molar-refractivity contribution in [3.63, 3.8) is 0 Å². The standard InChI is InChI=1S/C20H30O5/c21-17-10-6-2-1-3-7-12-18(22)13-8-4-5-9-14-19(23)15-11-16-20(24)25/h3-5,7-9,13-14,19,21,23H,1-2,6,10-12,15-17H2,(H,24,25)/b5-4+,7-3-,13-8+,14-9-/t19-/m0/s1. The summed E-state index contributed by atoms with van der Waals surface area (Å²) in [6, 6.07) is 0. The second-order valence-corrected chi connectivity index (χ2v) is 5.70. The van der Waals surface area contributed by atoms with E-state index in [0.29, 0.717) is 19.3 Å². The molecule has 0 spiro atoms.